The lowest BCUT2D eigenvalue weighted by Gasteiger charge is -2.05. The highest BCUT2D eigenvalue weighted by molar-refractivity contribution is 7.99. The number of nitrogens with zero attached hydrogens (tertiary/aromatic N) is 5. The van der Waals surface area contributed by atoms with Gasteiger partial charge in [0.05, 0.1) is 11.6 Å². The molecule has 5 nitrogen and oxygen atoms in total. The Hall–Kier alpha value is -1.87. The molecule has 0 amide bonds. The molecule has 0 fully saturated rings. The van der Waals surface area contributed by atoms with Gasteiger partial charge in [-0.1, -0.05) is 6.42 Å². The number of aryl methyl sites for hydroxylation is 1. The summed E-state index contributed by atoms with van der Waals surface area (Å²) in [5.41, 5.74) is 0.619. The summed E-state index contributed by atoms with van der Waals surface area (Å²) >= 11 is 1.47. The number of rotatable bonds is 2. The molecular weight excluding hydrogens is 258 g/mol. The first-order chi connectivity index (χ1) is 9.36. The molecule has 0 unspecified atom stereocenters. The molecule has 0 aromatic carbocycles. The average Bonchev–Trinajstić information content (AvgIpc) is 2.68. The lowest BCUT2D eigenvalue weighted by molar-refractivity contribution is 0.590. The maximum absolute atomic E-state index is 8.90. The largest absolute Gasteiger partial charge is 0.306 e. The van der Waals surface area contributed by atoms with Gasteiger partial charge in [-0.05, 0) is 36.7 Å². The molecular formula is C13H13N5S. The van der Waals surface area contributed by atoms with Crippen molar-refractivity contribution in [2.45, 2.75) is 42.4 Å². The fourth-order valence-electron chi connectivity index (χ4n) is 2.16. The van der Waals surface area contributed by atoms with Gasteiger partial charge >= 0.3 is 0 Å². The van der Waals surface area contributed by atoms with Crippen molar-refractivity contribution in [3.05, 3.63) is 29.7 Å². The molecule has 1 aliphatic heterocycles. The quantitative estimate of drug-likeness (QED) is 0.839. The van der Waals surface area contributed by atoms with E-state index in [1.165, 1.54) is 31.0 Å². The number of hydrogen-bond acceptors (Lipinski definition) is 5. The number of nitriles is 1. The monoisotopic (exact) mass is 271 g/mol. The molecule has 0 saturated carbocycles. The zero-order chi connectivity index (χ0) is 13.1. The molecule has 0 atom stereocenters. The minimum atomic E-state index is 0.619. The van der Waals surface area contributed by atoms with Gasteiger partial charge in [0.2, 0.25) is 0 Å². The van der Waals surface area contributed by atoms with Crippen LogP contribution < -0.4 is 0 Å². The second-order valence-electron chi connectivity index (χ2n) is 4.46. The van der Waals surface area contributed by atoms with Crippen molar-refractivity contribution < 1.29 is 0 Å². The molecule has 0 N–H and O–H groups in total. The lowest BCUT2D eigenvalue weighted by atomic mass is 10.2. The van der Waals surface area contributed by atoms with Gasteiger partial charge in [0.15, 0.2) is 5.16 Å². The van der Waals surface area contributed by atoms with Crippen LogP contribution in [0.4, 0.5) is 0 Å². The molecule has 0 spiro atoms. The normalized spacial score (nSPS) is 14.5. The maximum Gasteiger partial charge on any atom is 0.197 e. The summed E-state index contributed by atoms with van der Waals surface area (Å²) < 4.78 is 2.18. The predicted molar refractivity (Wildman–Crippen MR) is 70.7 cm³/mol. The van der Waals surface area contributed by atoms with Gasteiger partial charge in [-0.3, -0.25) is 0 Å². The van der Waals surface area contributed by atoms with Crippen LogP contribution in [0.3, 0.4) is 0 Å². The van der Waals surface area contributed by atoms with E-state index in [1.54, 1.807) is 18.3 Å². The van der Waals surface area contributed by atoms with E-state index in [2.05, 4.69) is 25.8 Å². The molecule has 2 aromatic rings. The van der Waals surface area contributed by atoms with Gasteiger partial charge in [0.25, 0.3) is 0 Å². The van der Waals surface area contributed by atoms with Crippen molar-refractivity contribution in [1.82, 2.24) is 19.7 Å². The van der Waals surface area contributed by atoms with Crippen LogP contribution in [0.2, 0.25) is 0 Å². The van der Waals surface area contributed by atoms with Gasteiger partial charge in [-0.2, -0.15) is 5.26 Å². The van der Waals surface area contributed by atoms with E-state index in [-0.39, 0.29) is 0 Å². The van der Waals surface area contributed by atoms with Crippen LogP contribution in [0.15, 0.2) is 28.5 Å². The molecule has 96 valence electrons. The number of hydrogen-bond donors (Lipinski definition) is 0. The average molecular weight is 271 g/mol. The molecule has 19 heavy (non-hydrogen) atoms. The summed E-state index contributed by atoms with van der Waals surface area (Å²) in [5, 5.41) is 19.1. The Morgan fingerprint density at radius 1 is 1.26 bits per heavy atom. The number of aromatic nitrogens is 4. The molecule has 0 saturated heterocycles. The third-order valence-corrected chi connectivity index (χ3v) is 4.05. The van der Waals surface area contributed by atoms with Gasteiger partial charge in [0.1, 0.15) is 10.9 Å². The zero-order valence-electron chi connectivity index (χ0n) is 10.4. The second-order valence-corrected chi connectivity index (χ2v) is 5.45. The molecule has 0 radical (unpaired) electrons. The Morgan fingerprint density at radius 3 is 3.11 bits per heavy atom. The van der Waals surface area contributed by atoms with E-state index < -0.39 is 0 Å². The Kier molecular flexibility index (Phi) is 3.47. The van der Waals surface area contributed by atoms with Crippen molar-refractivity contribution in [2.75, 3.05) is 0 Å². The predicted octanol–water partition coefficient (Wildman–Crippen LogP) is 2.42. The van der Waals surface area contributed by atoms with Crippen LogP contribution >= 0.6 is 11.8 Å². The Morgan fingerprint density at radius 2 is 2.21 bits per heavy atom. The van der Waals surface area contributed by atoms with Crippen LogP contribution in [0.5, 0.6) is 0 Å². The maximum atomic E-state index is 8.90. The minimum Gasteiger partial charge on any atom is -0.306 e. The van der Waals surface area contributed by atoms with E-state index in [0.29, 0.717) is 5.56 Å². The second kappa shape index (κ2) is 5.41. The van der Waals surface area contributed by atoms with E-state index >= 15 is 0 Å². The van der Waals surface area contributed by atoms with Crippen LogP contribution in [0, 0.1) is 11.3 Å². The first-order valence-corrected chi connectivity index (χ1v) is 7.14. The zero-order valence-corrected chi connectivity index (χ0v) is 11.2. The summed E-state index contributed by atoms with van der Waals surface area (Å²) in [5.74, 6) is 1.07. The first-order valence-electron chi connectivity index (χ1n) is 6.33. The summed E-state index contributed by atoms with van der Waals surface area (Å²) in [4.78, 5) is 4.27. The van der Waals surface area contributed by atoms with Gasteiger partial charge in [0, 0.05) is 19.2 Å². The molecule has 2 aromatic heterocycles. The molecule has 3 rings (SSSR count). The van der Waals surface area contributed by atoms with E-state index in [1.807, 2.05) is 0 Å². The summed E-state index contributed by atoms with van der Waals surface area (Å²) in [6, 6.07) is 5.61. The van der Waals surface area contributed by atoms with Crippen molar-refractivity contribution in [3.63, 3.8) is 0 Å². The summed E-state index contributed by atoms with van der Waals surface area (Å²) in [6.45, 7) is 0.975. The van der Waals surface area contributed by atoms with Gasteiger partial charge in [-0.25, -0.2) is 4.98 Å². The topological polar surface area (TPSA) is 67.4 Å². The fourth-order valence-corrected chi connectivity index (χ4v) is 3.04. The fraction of sp³-hybridized carbons (Fsp3) is 0.385. The van der Waals surface area contributed by atoms with Gasteiger partial charge < -0.3 is 4.57 Å². The highest BCUT2D eigenvalue weighted by atomic mass is 32.2. The number of fused-ring (bicyclic) bond motifs is 1. The number of pyridine rings is 1. The summed E-state index contributed by atoms with van der Waals surface area (Å²) in [6.07, 6.45) is 6.25. The van der Waals surface area contributed by atoms with Crippen LogP contribution in [-0.2, 0) is 13.0 Å². The Balaban J connectivity index is 1.87. The summed E-state index contributed by atoms with van der Waals surface area (Å²) in [7, 11) is 0. The highest BCUT2D eigenvalue weighted by Crippen LogP contribution is 2.27. The molecule has 0 aliphatic carbocycles. The van der Waals surface area contributed by atoms with Crippen molar-refractivity contribution in [2.24, 2.45) is 0 Å². The van der Waals surface area contributed by atoms with Crippen molar-refractivity contribution >= 4 is 11.8 Å². The van der Waals surface area contributed by atoms with Crippen molar-refractivity contribution in [1.29, 1.82) is 5.26 Å². The molecule has 0 bridgehead atoms. The Bertz CT molecular complexity index is 628. The lowest BCUT2D eigenvalue weighted by Crippen LogP contribution is -2.02. The van der Waals surface area contributed by atoms with Crippen LogP contribution in [0.1, 0.15) is 30.7 Å². The van der Waals surface area contributed by atoms with E-state index in [0.717, 1.165) is 29.0 Å². The minimum absolute atomic E-state index is 0.619. The molecule has 3 heterocycles. The third kappa shape index (κ3) is 2.61. The van der Waals surface area contributed by atoms with Crippen molar-refractivity contribution in [3.8, 4) is 6.07 Å². The van der Waals surface area contributed by atoms with Crippen LogP contribution in [-0.4, -0.2) is 19.7 Å². The van der Waals surface area contributed by atoms with Crippen LogP contribution in [0.25, 0.3) is 0 Å². The SMILES string of the molecule is N#Cc1ccnc(Sc2nnc3n2CCCCC3)c1. The standard InChI is InChI=1S/C13H13N5S/c14-9-10-5-6-15-12(8-10)19-13-17-16-11-4-2-1-3-7-18(11)13/h5-6,8H,1-4,7H2. The Labute approximate surface area is 115 Å². The molecule has 1 aliphatic rings. The molecule has 6 heteroatoms. The first kappa shape index (κ1) is 12.2. The smallest absolute Gasteiger partial charge is 0.197 e. The van der Waals surface area contributed by atoms with E-state index in [9.17, 15) is 0 Å². The van der Waals surface area contributed by atoms with Gasteiger partial charge in [-0.15, -0.1) is 10.2 Å². The van der Waals surface area contributed by atoms with E-state index in [4.69, 9.17) is 5.26 Å². The highest BCUT2D eigenvalue weighted by Gasteiger charge is 2.15. The third-order valence-electron chi connectivity index (χ3n) is 3.14.